The van der Waals surface area contributed by atoms with Crippen LogP contribution in [-0.4, -0.2) is 29.4 Å². The minimum atomic E-state index is -3.84. The minimum Gasteiger partial charge on any atom is -0.438 e. The van der Waals surface area contributed by atoms with Gasteiger partial charge < -0.3 is 14.3 Å². The highest BCUT2D eigenvalue weighted by Gasteiger charge is 2.26. The van der Waals surface area contributed by atoms with E-state index in [-0.39, 0.29) is 10.9 Å². The van der Waals surface area contributed by atoms with Gasteiger partial charge in [-0.15, -0.1) is 0 Å². The molecule has 0 aliphatic heterocycles. The molecule has 0 atom stereocenters. The van der Waals surface area contributed by atoms with Crippen LogP contribution < -0.4 is 10.0 Å². The molecule has 29 heavy (non-hydrogen) atoms. The molecule has 9 heteroatoms. The summed E-state index contributed by atoms with van der Waals surface area (Å²) < 4.78 is 34.3. The van der Waals surface area contributed by atoms with Crippen molar-refractivity contribution in [3.8, 4) is 0 Å². The molecule has 0 radical (unpaired) electrons. The number of nitrogens with one attached hydrogen (secondary N) is 2. The number of carbonyl (C=O) groups excluding carboxylic acids is 1. The van der Waals surface area contributed by atoms with Gasteiger partial charge in [-0.05, 0) is 57.5 Å². The van der Waals surface area contributed by atoms with Crippen LogP contribution in [0.2, 0.25) is 0 Å². The molecule has 3 aromatic rings. The lowest BCUT2D eigenvalue weighted by atomic mass is 10.1. The average molecular weight is 417 g/mol. The van der Waals surface area contributed by atoms with Gasteiger partial charge in [0.05, 0.1) is 0 Å². The largest absolute Gasteiger partial charge is 0.438 e. The molecule has 1 amide bonds. The number of sulfonamides is 1. The first-order chi connectivity index (χ1) is 13.5. The number of hydrogen-bond donors (Lipinski definition) is 2. The molecular weight excluding hydrogens is 392 g/mol. The van der Waals surface area contributed by atoms with Gasteiger partial charge in [0.1, 0.15) is 5.82 Å². The second kappa shape index (κ2) is 7.84. The first-order valence-electron chi connectivity index (χ1n) is 9.05. The van der Waals surface area contributed by atoms with Crippen LogP contribution in [0.1, 0.15) is 42.7 Å². The smallest absolute Gasteiger partial charge is 0.291 e. The zero-order valence-electron chi connectivity index (χ0n) is 16.8. The molecule has 0 saturated heterocycles. The highest BCUT2D eigenvalue weighted by atomic mass is 32.2. The molecule has 0 bridgehead atoms. The summed E-state index contributed by atoms with van der Waals surface area (Å²) in [5.74, 6) is 0.310. The van der Waals surface area contributed by atoms with Gasteiger partial charge in [0, 0.05) is 30.2 Å². The van der Waals surface area contributed by atoms with Crippen LogP contribution in [-0.2, 0) is 16.6 Å². The number of carbonyl (C=O) groups is 1. The second-order valence-electron chi connectivity index (χ2n) is 7.73. The third-order valence-corrected chi connectivity index (χ3v) is 5.63. The van der Waals surface area contributed by atoms with Crippen LogP contribution in [0.25, 0.3) is 0 Å². The van der Waals surface area contributed by atoms with Gasteiger partial charge in [-0.25, -0.2) is 18.1 Å². The van der Waals surface area contributed by atoms with Crippen molar-refractivity contribution < 1.29 is 17.6 Å². The Balaban J connectivity index is 1.66. The molecule has 2 N–H and O–H groups in total. The number of benzene rings is 1. The van der Waals surface area contributed by atoms with Gasteiger partial charge in [-0.2, -0.15) is 0 Å². The van der Waals surface area contributed by atoms with Crippen molar-refractivity contribution in [1.29, 1.82) is 0 Å². The lowest BCUT2D eigenvalue weighted by Gasteiger charge is -2.18. The van der Waals surface area contributed by atoms with Gasteiger partial charge >= 0.3 is 0 Å². The Kier molecular flexibility index (Phi) is 5.63. The number of rotatable bonds is 6. The van der Waals surface area contributed by atoms with Crippen molar-refractivity contribution in [2.75, 3.05) is 5.32 Å². The highest BCUT2D eigenvalue weighted by Crippen LogP contribution is 2.18. The van der Waals surface area contributed by atoms with Gasteiger partial charge in [-0.3, -0.25) is 4.79 Å². The summed E-state index contributed by atoms with van der Waals surface area (Å²) in [6, 6.07) is 9.96. The summed E-state index contributed by atoms with van der Waals surface area (Å²) >= 11 is 0. The first kappa shape index (κ1) is 20.8. The van der Waals surface area contributed by atoms with E-state index in [4.69, 9.17) is 4.42 Å². The Morgan fingerprint density at radius 1 is 1.14 bits per heavy atom. The Labute approximate surface area is 170 Å². The molecule has 2 aromatic heterocycles. The van der Waals surface area contributed by atoms with Crippen molar-refractivity contribution >= 4 is 21.6 Å². The molecule has 0 spiro atoms. The number of furan rings is 1. The van der Waals surface area contributed by atoms with Crippen molar-refractivity contribution in [2.24, 2.45) is 0 Å². The zero-order valence-corrected chi connectivity index (χ0v) is 17.6. The quantitative estimate of drug-likeness (QED) is 0.642. The van der Waals surface area contributed by atoms with Crippen molar-refractivity contribution in [1.82, 2.24) is 14.3 Å². The molecule has 1 aromatic carbocycles. The molecule has 0 saturated carbocycles. The van der Waals surface area contributed by atoms with E-state index in [1.54, 1.807) is 39.1 Å². The van der Waals surface area contributed by atoms with Gasteiger partial charge in [0.25, 0.3) is 15.9 Å². The Bertz CT molecular complexity index is 1110. The SMILES string of the molecule is Cc1nccn1Cc1ccc(NC(=O)c2ccc(S(=O)(=O)NC(C)(C)C)o2)cc1. The van der Waals surface area contributed by atoms with E-state index >= 15 is 0 Å². The summed E-state index contributed by atoms with van der Waals surface area (Å²) in [7, 11) is -3.84. The third-order valence-electron chi connectivity index (χ3n) is 4.00. The van der Waals surface area contributed by atoms with Crippen molar-refractivity contribution in [3.63, 3.8) is 0 Å². The number of anilines is 1. The topological polar surface area (TPSA) is 106 Å². The van der Waals surface area contributed by atoms with E-state index < -0.39 is 21.5 Å². The molecule has 2 heterocycles. The zero-order chi connectivity index (χ0) is 21.2. The molecule has 0 aliphatic rings. The summed E-state index contributed by atoms with van der Waals surface area (Å²) in [6.07, 6.45) is 3.65. The maximum atomic E-state index is 12.4. The maximum Gasteiger partial charge on any atom is 0.291 e. The predicted molar refractivity (Wildman–Crippen MR) is 109 cm³/mol. The minimum absolute atomic E-state index is 0.0857. The number of aromatic nitrogens is 2. The fourth-order valence-electron chi connectivity index (χ4n) is 2.69. The van der Waals surface area contributed by atoms with Crippen molar-refractivity contribution in [3.05, 3.63) is 65.9 Å². The van der Waals surface area contributed by atoms with E-state index in [0.29, 0.717) is 12.2 Å². The lowest BCUT2D eigenvalue weighted by molar-refractivity contribution is 0.0991. The number of imidazole rings is 1. The Hall–Kier alpha value is -2.91. The molecule has 8 nitrogen and oxygen atoms in total. The number of amides is 1. The monoisotopic (exact) mass is 416 g/mol. The highest BCUT2D eigenvalue weighted by molar-refractivity contribution is 7.89. The van der Waals surface area contributed by atoms with Gasteiger partial charge in [0.2, 0.25) is 5.09 Å². The Morgan fingerprint density at radius 3 is 2.41 bits per heavy atom. The van der Waals surface area contributed by atoms with Crippen LogP contribution in [0.4, 0.5) is 5.69 Å². The summed E-state index contributed by atoms with van der Waals surface area (Å²) in [4.78, 5) is 16.6. The molecule has 154 valence electrons. The number of hydrogen-bond acceptors (Lipinski definition) is 5. The van der Waals surface area contributed by atoms with Crippen LogP contribution in [0.15, 0.2) is 58.3 Å². The van der Waals surface area contributed by atoms with E-state index in [1.165, 1.54) is 12.1 Å². The van der Waals surface area contributed by atoms with E-state index in [9.17, 15) is 13.2 Å². The molecule has 0 unspecified atom stereocenters. The Morgan fingerprint density at radius 2 is 1.83 bits per heavy atom. The molecule has 3 rings (SSSR count). The van der Waals surface area contributed by atoms with Crippen molar-refractivity contribution in [2.45, 2.75) is 44.9 Å². The molecule has 0 fully saturated rings. The normalized spacial score (nSPS) is 12.1. The second-order valence-corrected chi connectivity index (χ2v) is 9.34. The van der Waals surface area contributed by atoms with Crippen LogP contribution in [0, 0.1) is 6.92 Å². The van der Waals surface area contributed by atoms with E-state index in [1.807, 2.05) is 29.8 Å². The first-order valence-corrected chi connectivity index (χ1v) is 10.5. The standard InChI is InChI=1S/C20H24N4O4S/c1-14-21-11-12-24(14)13-15-5-7-16(8-6-15)22-19(25)17-9-10-18(28-17)29(26,27)23-20(2,3)4/h5-12,23H,13H2,1-4H3,(H,22,25). The van der Waals surface area contributed by atoms with Gasteiger partial charge in [0.15, 0.2) is 5.76 Å². The maximum absolute atomic E-state index is 12.4. The van der Waals surface area contributed by atoms with Crippen LogP contribution in [0.3, 0.4) is 0 Å². The third kappa shape index (κ3) is 5.33. The van der Waals surface area contributed by atoms with Gasteiger partial charge in [-0.1, -0.05) is 12.1 Å². The summed E-state index contributed by atoms with van der Waals surface area (Å²) in [5.41, 5.74) is 0.976. The number of aryl methyl sites for hydroxylation is 1. The van der Waals surface area contributed by atoms with Crippen LogP contribution in [0.5, 0.6) is 0 Å². The van der Waals surface area contributed by atoms with Crippen LogP contribution >= 0.6 is 0 Å². The summed E-state index contributed by atoms with van der Waals surface area (Å²) in [5, 5.41) is 2.40. The predicted octanol–water partition coefficient (Wildman–Crippen LogP) is 3.16. The lowest BCUT2D eigenvalue weighted by Crippen LogP contribution is -2.40. The average Bonchev–Trinajstić information content (AvgIpc) is 3.25. The fourth-order valence-corrected chi connectivity index (χ4v) is 4.05. The fraction of sp³-hybridized carbons (Fsp3) is 0.300. The van der Waals surface area contributed by atoms with E-state index in [0.717, 1.165) is 11.4 Å². The molecule has 0 aliphatic carbocycles. The number of nitrogens with zero attached hydrogens (tertiary/aromatic N) is 2. The summed E-state index contributed by atoms with van der Waals surface area (Å²) in [6.45, 7) is 7.78. The molecular formula is C20H24N4O4S. The van der Waals surface area contributed by atoms with E-state index in [2.05, 4.69) is 15.0 Å².